The minimum absolute atomic E-state index is 0.00914. The molecule has 2 aromatic rings. The van der Waals surface area contributed by atoms with Crippen molar-refractivity contribution in [2.24, 2.45) is 0 Å². The molecule has 0 atom stereocenters. The van der Waals surface area contributed by atoms with E-state index in [0.29, 0.717) is 18.2 Å². The van der Waals surface area contributed by atoms with Gasteiger partial charge < -0.3 is 5.32 Å². The van der Waals surface area contributed by atoms with Crippen molar-refractivity contribution in [3.8, 4) is 11.4 Å². The molecule has 0 aliphatic heterocycles. The first kappa shape index (κ1) is 15.2. The fourth-order valence-electron chi connectivity index (χ4n) is 2.17. The van der Waals surface area contributed by atoms with Crippen molar-refractivity contribution in [2.75, 3.05) is 12.4 Å². The Morgan fingerprint density at radius 1 is 1.19 bits per heavy atom. The molecule has 0 aliphatic carbocycles. The lowest BCUT2D eigenvalue weighted by Gasteiger charge is -2.03. The van der Waals surface area contributed by atoms with E-state index < -0.39 is 0 Å². The van der Waals surface area contributed by atoms with Gasteiger partial charge in [-0.3, -0.25) is 4.79 Å². The van der Waals surface area contributed by atoms with Gasteiger partial charge in [0, 0.05) is 19.0 Å². The average molecular weight is 286 g/mol. The Hall–Kier alpha value is -2.17. The second kappa shape index (κ2) is 7.57. The number of carbonyl (C=O) groups excluding carboxylic acids is 1. The lowest BCUT2D eigenvalue weighted by atomic mass is 10.1. The number of carbonyl (C=O) groups is 1. The highest BCUT2D eigenvalue weighted by molar-refractivity contribution is 5.81. The van der Waals surface area contributed by atoms with Crippen LogP contribution < -0.4 is 5.32 Å². The molecule has 21 heavy (non-hydrogen) atoms. The number of unbranched alkanes of at least 4 members (excludes halogenated alkanes) is 3. The molecular weight excluding hydrogens is 264 g/mol. The number of hydrogen-bond donors (Lipinski definition) is 1. The smallest absolute Gasteiger partial charge is 0.250 e. The fourth-order valence-corrected chi connectivity index (χ4v) is 2.17. The molecular formula is C16H22N4O. The van der Waals surface area contributed by atoms with E-state index in [1.807, 2.05) is 30.3 Å². The number of rotatable bonds is 7. The first-order valence-corrected chi connectivity index (χ1v) is 7.49. The number of benzene rings is 1. The van der Waals surface area contributed by atoms with E-state index in [0.717, 1.165) is 24.8 Å². The summed E-state index contributed by atoms with van der Waals surface area (Å²) in [6.45, 7) is 2.16. The van der Waals surface area contributed by atoms with Gasteiger partial charge in [0.2, 0.25) is 11.9 Å². The van der Waals surface area contributed by atoms with Crippen LogP contribution in [0.4, 0.5) is 5.95 Å². The number of anilines is 1. The van der Waals surface area contributed by atoms with Crippen LogP contribution in [0.3, 0.4) is 0 Å². The highest BCUT2D eigenvalue weighted by atomic mass is 16.2. The third kappa shape index (κ3) is 3.90. The van der Waals surface area contributed by atoms with Crippen molar-refractivity contribution >= 4 is 11.9 Å². The van der Waals surface area contributed by atoms with Crippen LogP contribution in [0.2, 0.25) is 0 Å². The molecule has 0 aliphatic rings. The van der Waals surface area contributed by atoms with Gasteiger partial charge >= 0.3 is 0 Å². The third-order valence-electron chi connectivity index (χ3n) is 3.34. The van der Waals surface area contributed by atoms with E-state index in [4.69, 9.17) is 0 Å². The highest BCUT2D eigenvalue weighted by Gasteiger charge is 2.15. The Labute approximate surface area is 125 Å². The van der Waals surface area contributed by atoms with Crippen molar-refractivity contribution in [3.05, 3.63) is 30.3 Å². The molecule has 1 N–H and O–H groups in total. The first-order chi connectivity index (χ1) is 10.3. The maximum Gasteiger partial charge on any atom is 0.250 e. The molecule has 5 nitrogen and oxygen atoms in total. The lowest BCUT2D eigenvalue weighted by molar-refractivity contribution is 0.0886. The molecule has 0 spiro atoms. The molecule has 0 saturated carbocycles. The molecule has 1 aromatic heterocycles. The Morgan fingerprint density at radius 3 is 2.62 bits per heavy atom. The molecule has 0 bridgehead atoms. The van der Waals surface area contributed by atoms with Gasteiger partial charge in [0.1, 0.15) is 0 Å². The van der Waals surface area contributed by atoms with Gasteiger partial charge in [-0.15, -0.1) is 5.10 Å². The van der Waals surface area contributed by atoms with Crippen LogP contribution in [-0.2, 0) is 0 Å². The van der Waals surface area contributed by atoms with Gasteiger partial charge in [-0.05, 0) is 6.42 Å². The van der Waals surface area contributed by atoms with E-state index in [1.165, 1.54) is 11.1 Å². The van der Waals surface area contributed by atoms with Crippen molar-refractivity contribution in [3.63, 3.8) is 0 Å². The standard InChI is InChI=1S/C16H22N4O/c1-3-4-5-9-12-14(21)20-16(17-2)18-15(19-20)13-10-7-6-8-11-13/h6-8,10-11H,3-5,9,12H2,1-2H3,(H,17,18,19). The maximum atomic E-state index is 12.3. The topological polar surface area (TPSA) is 59.8 Å². The zero-order chi connectivity index (χ0) is 15.1. The molecule has 0 radical (unpaired) electrons. The second-order valence-electron chi connectivity index (χ2n) is 4.99. The van der Waals surface area contributed by atoms with Crippen molar-refractivity contribution < 1.29 is 4.79 Å². The Kier molecular flexibility index (Phi) is 5.49. The third-order valence-corrected chi connectivity index (χ3v) is 3.34. The summed E-state index contributed by atoms with van der Waals surface area (Å²) >= 11 is 0. The molecule has 2 rings (SSSR count). The molecule has 1 aromatic carbocycles. The van der Waals surface area contributed by atoms with Crippen LogP contribution >= 0.6 is 0 Å². The van der Waals surface area contributed by atoms with Crippen molar-refractivity contribution in [2.45, 2.75) is 39.0 Å². The fraction of sp³-hybridized carbons (Fsp3) is 0.438. The van der Waals surface area contributed by atoms with Crippen LogP contribution in [0.15, 0.2) is 30.3 Å². The Morgan fingerprint density at radius 2 is 1.95 bits per heavy atom. The summed E-state index contributed by atoms with van der Waals surface area (Å²) < 4.78 is 1.38. The molecule has 0 unspecified atom stereocenters. The Bertz CT molecular complexity index is 577. The van der Waals surface area contributed by atoms with Gasteiger partial charge in [-0.2, -0.15) is 9.67 Å². The normalized spacial score (nSPS) is 10.6. The predicted molar refractivity (Wildman–Crippen MR) is 84.4 cm³/mol. The molecule has 0 fully saturated rings. The van der Waals surface area contributed by atoms with Crippen LogP contribution in [0.1, 0.15) is 43.8 Å². The molecule has 0 amide bonds. The minimum Gasteiger partial charge on any atom is -0.357 e. The van der Waals surface area contributed by atoms with Crippen molar-refractivity contribution in [1.82, 2.24) is 14.8 Å². The quantitative estimate of drug-likeness (QED) is 0.790. The summed E-state index contributed by atoms with van der Waals surface area (Å²) in [6, 6.07) is 9.68. The number of aromatic nitrogens is 3. The number of nitrogens with one attached hydrogen (secondary N) is 1. The van der Waals surface area contributed by atoms with Gasteiger partial charge in [-0.1, -0.05) is 56.5 Å². The average Bonchev–Trinajstić information content (AvgIpc) is 2.96. The lowest BCUT2D eigenvalue weighted by Crippen LogP contribution is -2.15. The molecule has 112 valence electrons. The second-order valence-corrected chi connectivity index (χ2v) is 4.99. The van der Waals surface area contributed by atoms with Crippen LogP contribution in [0, 0.1) is 0 Å². The molecule has 5 heteroatoms. The van der Waals surface area contributed by atoms with Gasteiger partial charge in [0.25, 0.3) is 0 Å². The monoisotopic (exact) mass is 286 g/mol. The predicted octanol–water partition coefficient (Wildman–Crippen LogP) is 3.60. The maximum absolute atomic E-state index is 12.3. The molecule has 0 saturated heterocycles. The van der Waals surface area contributed by atoms with Gasteiger partial charge in [0.15, 0.2) is 5.82 Å². The summed E-state index contributed by atoms with van der Waals surface area (Å²) in [7, 11) is 1.75. The number of nitrogens with zero attached hydrogens (tertiary/aromatic N) is 3. The number of hydrogen-bond acceptors (Lipinski definition) is 4. The summed E-state index contributed by atoms with van der Waals surface area (Å²) in [4.78, 5) is 16.6. The van der Waals surface area contributed by atoms with Crippen LogP contribution in [0.5, 0.6) is 0 Å². The van der Waals surface area contributed by atoms with Gasteiger partial charge in [0.05, 0.1) is 0 Å². The zero-order valence-electron chi connectivity index (χ0n) is 12.7. The summed E-state index contributed by atoms with van der Waals surface area (Å²) in [5.74, 6) is 1.06. The summed E-state index contributed by atoms with van der Waals surface area (Å²) in [6.07, 6.45) is 4.82. The van der Waals surface area contributed by atoms with Gasteiger partial charge in [-0.25, -0.2) is 0 Å². The van der Waals surface area contributed by atoms with E-state index in [-0.39, 0.29) is 5.91 Å². The summed E-state index contributed by atoms with van der Waals surface area (Å²) in [5, 5.41) is 7.28. The molecule has 1 heterocycles. The van der Waals surface area contributed by atoms with Crippen LogP contribution in [-0.4, -0.2) is 27.7 Å². The first-order valence-electron chi connectivity index (χ1n) is 7.49. The largest absolute Gasteiger partial charge is 0.357 e. The highest BCUT2D eigenvalue weighted by Crippen LogP contribution is 2.18. The van der Waals surface area contributed by atoms with E-state index in [2.05, 4.69) is 22.3 Å². The Balaban J connectivity index is 2.12. The zero-order valence-corrected chi connectivity index (χ0v) is 12.7. The minimum atomic E-state index is -0.00914. The SMILES string of the molecule is CCCCCCC(=O)n1nc(-c2ccccc2)nc1NC. The summed E-state index contributed by atoms with van der Waals surface area (Å²) in [5.41, 5.74) is 0.909. The van der Waals surface area contributed by atoms with E-state index in [9.17, 15) is 4.79 Å². The van der Waals surface area contributed by atoms with E-state index in [1.54, 1.807) is 7.05 Å². The van der Waals surface area contributed by atoms with Crippen molar-refractivity contribution in [1.29, 1.82) is 0 Å². The van der Waals surface area contributed by atoms with Crippen LogP contribution in [0.25, 0.3) is 11.4 Å². The van der Waals surface area contributed by atoms with E-state index >= 15 is 0 Å².